The third-order valence-electron chi connectivity index (χ3n) is 2.66. The van der Waals surface area contributed by atoms with Crippen molar-refractivity contribution in [2.24, 2.45) is 5.41 Å². The SMILES string of the molecule is Cc1cc(NC(=O)CC(C)(C)C)ccc1C#CCCO. The van der Waals surface area contributed by atoms with E-state index in [1.807, 2.05) is 45.9 Å². The Bertz CT molecular complexity index is 530. The van der Waals surface area contributed by atoms with Gasteiger partial charge in [-0.25, -0.2) is 0 Å². The first-order valence-electron chi connectivity index (χ1n) is 6.82. The molecule has 0 radical (unpaired) electrons. The highest BCUT2D eigenvalue weighted by molar-refractivity contribution is 5.91. The molecule has 1 amide bonds. The van der Waals surface area contributed by atoms with Crippen molar-refractivity contribution < 1.29 is 9.90 Å². The molecule has 20 heavy (non-hydrogen) atoms. The van der Waals surface area contributed by atoms with Crippen molar-refractivity contribution in [3.8, 4) is 11.8 Å². The van der Waals surface area contributed by atoms with E-state index in [2.05, 4.69) is 17.2 Å². The smallest absolute Gasteiger partial charge is 0.224 e. The molecule has 0 saturated carbocycles. The lowest BCUT2D eigenvalue weighted by atomic mass is 9.92. The molecule has 3 heteroatoms. The summed E-state index contributed by atoms with van der Waals surface area (Å²) in [4.78, 5) is 11.9. The number of carbonyl (C=O) groups excluding carboxylic acids is 1. The number of aryl methyl sites for hydroxylation is 1. The number of aliphatic hydroxyl groups excluding tert-OH is 1. The second kappa shape index (κ2) is 7.12. The van der Waals surface area contributed by atoms with Gasteiger partial charge >= 0.3 is 0 Å². The van der Waals surface area contributed by atoms with Gasteiger partial charge in [-0.05, 0) is 36.1 Å². The number of benzene rings is 1. The molecule has 0 aliphatic carbocycles. The molecule has 0 fully saturated rings. The summed E-state index contributed by atoms with van der Waals surface area (Å²) in [7, 11) is 0. The lowest BCUT2D eigenvalue weighted by Crippen LogP contribution is -2.19. The molecule has 3 nitrogen and oxygen atoms in total. The molecule has 0 bridgehead atoms. The van der Waals surface area contributed by atoms with E-state index >= 15 is 0 Å². The summed E-state index contributed by atoms with van der Waals surface area (Å²) in [5.41, 5.74) is 2.72. The van der Waals surface area contributed by atoms with Crippen LogP contribution >= 0.6 is 0 Å². The first-order chi connectivity index (χ1) is 9.31. The highest BCUT2D eigenvalue weighted by Crippen LogP contribution is 2.20. The van der Waals surface area contributed by atoms with E-state index in [-0.39, 0.29) is 17.9 Å². The molecule has 1 aromatic carbocycles. The fraction of sp³-hybridized carbons (Fsp3) is 0.471. The van der Waals surface area contributed by atoms with E-state index in [0.717, 1.165) is 16.8 Å². The van der Waals surface area contributed by atoms with Crippen molar-refractivity contribution in [3.63, 3.8) is 0 Å². The van der Waals surface area contributed by atoms with Gasteiger partial charge in [-0.1, -0.05) is 32.6 Å². The molecule has 2 N–H and O–H groups in total. The molecule has 0 aromatic heterocycles. The summed E-state index contributed by atoms with van der Waals surface area (Å²) in [6.45, 7) is 8.16. The Morgan fingerprint density at radius 3 is 2.60 bits per heavy atom. The van der Waals surface area contributed by atoms with Crippen molar-refractivity contribution in [2.75, 3.05) is 11.9 Å². The second-order valence-electron chi connectivity index (χ2n) is 6.09. The molecule has 0 unspecified atom stereocenters. The highest BCUT2D eigenvalue weighted by atomic mass is 16.2. The van der Waals surface area contributed by atoms with Crippen LogP contribution < -0.4 is 5.32 Å². The topological polar surface area (TPSA) is 49.3 Å². The van der Waals surface area contributed by atoms with E-state index in [4.69, 9.17) is 5.11 Å². The van der Waals surface area contributed by atoms with Gasteiger partial charge in [0, 0.05) is 24.1 Å². The maximum Gasteiger partial charge on any atom is 0.224 e. The van der Waals surface area contributed by atoms with Crippen molar-refractivity contribution in [1.29, 1.82) is 0 Å². The number of hydrogen-bond donors (Lipinski definition) is 2. The van der Waals surface area contributed by atoms with Gasteiger partial charge in [-0.2, -0.15) is 0 Å². The Kier molecular flexibility index (Phi) is 5.79. The Morgan fingerprint density at radius 1 is 1.35 bits per heavy atom. The first-order valence-corrected chi connectivity index (χ1v) is 6.82. The van der Waals surface area contributed by atoms with E-state index in [9.17, 15) is 4.79 Å². The predicted molar refractivity (Wildman–Crippen MR) is 82.5 cm³/mol. The average Bonchev–Trinajstić information content (AvgIpc) is 2.29. The van der Waals surface area contributed by atoms with Gasteiger partial charge in [0.2, 0.25) is 5.91 Å². The minimum atomic E-state index is -0.0190. The Hall–Kier alpha value is -1.79. The van der Waals surface area contributed by atoms with Gasteiger partial charge in [0.15, 0.2) is 0 Å². The molecule has 108 valence electrons. The zero-order valence-electron chi connectivity index (χ0n) is 12.7. The van der Waals surface area contributed by atoms with Gasteiger partial charge in [0.25, 0.3) is 0 Å². The number of hydrogen-bond acceptors (Lipinski definition) is 2. The summed E-state index contributed by atoms with van der Waals surface area (Å²) in [5, 5.41) is 11.6. The van der Waals surface area contributed by atoms with E-state index in [1.54, 1.807) is 0 Å². The van der Waals surface area contributed by atoms with Gasteiger partial charge in [0.1, 0.15) is 0 Å². The van der Waals surface area contributed by atoms with Crippen LogP contribution in [0.2, 0.25) is 0 Å². The molecule has 0 heterocycles. The summed E-state index contributed by atoms with van der Waals surface area (Å²) < 4.78 is 0. The minimum absolute atomic E-state index is 0.0190. The highest BCUT2D eigenvalue weighted by Gasteiger charge is 2.15. The zero-order valence-corrected chi connectivity index (χ0v) is 12.7. The third-order valence-corrected chi connectivity index (χ3v) is 2.66. The molecule has 1 aromatic rings. The number of nitrogens with one attached hydrogen (secondary N) is 1. The van der Waals surface area contributed by atoms with Crippen LogP contribution in [0.3, 0.4) is 0 Å². The summed E-state index contributed by atoms with van der Waals surface area (Å²) >= 11 is 0. The Balaban J connectivity index is 2.73. The van der Waals surface area contributed by atoms with Crippen LogP contribution in [0, 0.1) is 24.2 Å². The van der Waals surface area contributed by atoms with Crippen LogP contribution in [0.25, 0.3) is 0 Å². The quantitative estimate of drug-likeness (QED) is 0.831. The molecule has 0 aliphatic rings. The standard InChI is InChI=1S/C17H23NO2/c1-13-11-15(18-16(20)12-17(2,3)4)9-8-14(13)7-5-6-10-19/h8-9,11,19H,6,10,12H2,1-4H3,(H,18,20). The average molecular weight is 273 g/mol. The number of rotatable bonds is 3. The van der Waals surface area contributed by atoms with Gasteiger partial charge in [-0.15, -0.1) is 0 Å². The number of aliphatic hydroxyl groups is 1. The fourth-order valence-corrected chi connectivity index (χ4v) is 1.78. The van der Waals surface area contributed by atoms with Crippen LogP contribution in [0.15, 0.2) is 18.2 Å². The maximum atomic E-state index is 11.9. The van der Waals surface area contributed by atoms with E-state index < -0.39 is 0 Å². The summed E-state index contributed by atoms with van der Waals surface area (Å²) in [6.07, 6.45) is 0.966. The van der Waals surface area contributed by atoms with Gasteiger partial charge in [-0.3, -0.25) is 4.79 Å². The van der Waals surface area contributed by atoms with Crippen molar-refractivity contribution in [3.05, 3.63) is 29.3 Å². The second-order valence-corrected chi connectivity index (χ2v) is 6.09. The van der Waals surface area contributed by atoms with E-state index in [1.165, 1.54) is 0 Å². The monoisotopic (exact) mass is 273 g/mol. The number of anilines is 1. The van der Waals surface area contributed by atoms with Crippen LogP contribution in [0.4, 0.5) is 5.69 Å². The van der Waals surface area contributed by atoms with Crippen molar-refractivity contribution in [1.82, 2.24) is 0 Å². The normalized spacial score (nSPS) is 10.7. The lowest BCUT2D eigenvalue weighted by molar-refractivity contribution is -0.117. The number of carbonyl (C=O) groups is 1. The maximum absolute atomic E-state index is 11.9. The van der Waals surface area contributed by atoms with Crippen molar-refractivity contribution in [2.45, 2.75) is 40.5 Å². The van der Waals surface area contributed by atoms with E-state index in [0.29, 0.717) is 12.8 Å². The third kappa shape index (κ3) is 5.90. The van der Waals surface area contributed by atoms with Crippen LogP contribution in [0.1, 0.15) is 44.7 Å². The van der Waals surface area contributed by atoms with Crippen molar-refractivity contribution >= 4 is 11.6 Å². The first kappa shape index (κ1) is 16.3. The van der Waals surface area contributed by atoms with Crippen LogP contribution in [-0.2, 0) is 4.79 Å². The van der Waals surface area contributed by atoms with Gasteiger partial charge < -0.3 is 10.4 Å². The van der Waals surface area contributed by atoms with Crippen LogP contribution in [0.5, 0.6) is 0 Å². The molecule has 0 aliphatic heterocycles. The van der Waals surface area contributed by atoms with Crippen LogP contribution in [-0.4, -0.2) is 17.6 Å². The largest absolute Gasteiger partial charge is 0.395 e. The fourth-order valence-electron chi connectivity index (χ4n) is 1.78. The Labute approximate surface area is 121 Å². The zero-order chi connectivity index (χ0) is 15.2. The Morgan fingerprint density at radius 2 is 2.05 bits per heavy atom. The molecule has 0 atom stereocenters. The molecule has 1 rings (SSSR count). The molecule has 0 saturated heterocycles. The summed E-state index contributed by atoms with van der Waals surface area (Å²) in [6, 6.07) is 5.67. The summed E-state index contributed by atoms with van der Waals surface area (Å²) in [5.74, 6) is 5.93. The minimum Gasteiger partial charge on any atom is -0.395 e. The molecular weight excluding hydrogens is 250 g/mol. The van der Waals surface area contributed by atoms with Gasteiger partial charge in [0.05, 0.1) is 6.61 Å². The predicted octanol–water partition coefficient (Wildman–Crippen LogP) is 3.10. The molecular formula is C17H23NO2. The lowest BCUT2D eigenvalue weighted by Gasteiger charge is -2.17. The number of amides is 1. The molecule has 0 spiro atoms.